The number of aromatic nitrogens is 2. The second kappa shape index (κ2) is 6.20. The molecule has 1 aromatic heterocycles. The third-order valence-corrected chi connectivity index (χ3v) is 5.20. The monoisotopic (exact) mass is 289 g/mol. The van der Waals surface area contributed by atoms with Crippen molar-refractivity contribution in [2.45, 2.75) is 65.0 Å². The number of hydrogen-bond acceptors (Lipinski definition) is 2. The average Bonchev–Trinajstić information content (AvgIpc) is 3.15. The fourth-order valence-electron chi connectivity index (χ4n) is 3.40. The molecule has 1 heterocycles. The lowest BCUT2D eigenvalue weighted by atomic mass is 9.80. The van der Waals surface area contributed by atoms with Crippen molar-refractivity contribution in [2.24, 2.45) is 17.8 Å². The summed E-state index contributed by atoms with van der Waals surface area (Å²) in [6.07, 6.45) is 9.36. The van der Waals surface area contributed by atoms with Crippen molar-refractivity contribution >= 4 is 5.91 Å². The van der Waals surface area contributed by atoms with Crippen molar-refractivity contribution in [1.82, 2.24) is 15.1 Å². The largest absolute Gasteiger partial charge is 0.348 e. The molecule has 2 aliphatic rings. The van der Waals surface area contributed by atoms with E-state index in [1.54, 1.807) is 6.20 Å². The van der Waals surface area contributed by atoms with E-state index in [1.165, 1.54) is 38.5 Å². The second-order valence-electron chi connectivity index (χ2n) is 7.12. The molecule has 1 unspecified atom stereocenters. The minimum atomic E-state index is 0.0410. The van der Waals surface area contributed by atoms with Crippen LogP contribution in [0.4, 0.5) is 0 Å². The third kappa shape index (κ3) is 3.66. The molecular formula is C17H27N3O. The molecule has 2 saturated carbocycles. The Morgan fingerprint density at radius 3 is 2.71 bits per heavy atom. The van der Waals surface area contributed by atoms with Gasteiger partial charge in [-0.2, -0.15) is 5.10 Å². The van der Waals surface area contributed by atoms with E-state index < -0.39 is 0 Å². The maximum absolute atomic E-state index is 12.5. The van der Waals surface area contributed by atoms with Crippen LogP contribution in [0.3, 0.4) is 0 Å². The van der Waals surface area contributed by atoms with Gasteiger partial charge in [-0.05, 0) is 56.4 Å². The number of carbonyl (C=O) groups is 1. The first kappa shape index (κ1) is 14.6. The first-order chi connectivity index (χ1) is 10.1. The Balaban J connectivity index is 1.56. The highest BCUT2D eigenvalue weighted by Crippen LogP contribution is 2.31. The summed E-state index contributed by atoms with van der Waals surface area (Å²) in [6, 6.07) is 2.10. The molecule has 4 heteroatoms. The van der Waals surface area contributed by atoms with Crippen LogP contribution in [0.2, 0.25) is 0 Å². The minimum Gasteiger partial charge on any atom is -0.348 e. The molecule has 2 fully saturated rings. The van der Waals surface area contributed by atoms with Crippen LogP contribution in [-0.2, 0) is 6.54 Å². The van der Waals surface area contributed by atoms with Gasteiger partial charge in [0.05, 0.1) is 0 Å². The number of carbonyl (C=O) groups excluding carboxylic acids is 1. The predicted molar refractivity (Wildman–Crippen MR) is 83.0 cm³/mol. The van der Waals surface area contributed by atoms with Gasteiger partial charge in [-0.15, -0.1) is 0 Å². The summed E-state index contributed by atoms with van der Waals surface area (Å²) >= 11 is 0. The number of hydrogen-bond donors (Lipinski definition) is 1. The fourth-order valence-corrected chi connectivity index (χ4v) is 3.40. The Bertz CT molecular complexity index is 484. The Kier molecular flexibility index (Phi) is 4.32. The van der Waals surface area contributed by atoms with Gasteiger partial charge in [0.2, 0.25) is 0 Å². The highest BCUT2D eigenvalue weighted by atomic mass is 16.2. The SMILES string of the molecule is CC1CCC(C(C)NC(=O)c2ccnn2CC2CC2)CC1. The summed E-state index contributed by atoms with van der Waals surface area (Å²) in [5, 5.41) is 7.50. The van der Waals surface area contributed by atoms with Crippen LogP contribution in [0.1, 0.15) is 62.9 Å². The molecule has 116 valence electrons. The maximum atomic E-state index is 12.5. The lowest BCUT2D eigenvalue weighted by Gasteiger charge is -2.31. The molecule has 0 radical (unpaired) electrons. The zero-order valence-electron chi connectivity index (χ0n) is 13.2. The van der Waals surface area contributed by atoms with Gasteiger partial charge in [-0.3, -0.25) is 9.48 Å². The Hall–Kier alpha value is -1.32. The second-order valence-corrected chi connectivity index (χ2v) is 7.12. The summed E-state index contributed by atoms with van der Waals surface area (Å²) in [4.78, 5) is 12.5. The van der Waals surface area contributed by atoms with E-state index in [0.29, 0.717) is 5.92 Å². The number of amides is 1. The molecule has 1 amide bonds. The Morgan fingerprint density at radius 1 is 1.33 bits per heavy atom. The number of rotatable bonds is 5. The molecule has 0 aliphatic heterocycles. The van der Waals surface area contributed by atoms with Crippen molar-refractivity contribution in [1.29, 1.82) is 0 Å². The number of nitrogens with one attached hydrogen (secondary N) is 1. The lowest BCUT2D eigenvalue weighted by Crippen LogP contribution is -2.40. The molecule has 4 nitrogen and oxygen atoms in total. The molecular weight excluding hydrogens is 262 g/mol. The molecule has 21 heavy (non-hydrogen) atoms. The van der Waals surface area contributed by atoms with Crippen LogP contribution in [-0.4, -0.2) is 21.7 Å². The van der Waals surface area contributed by atoms with Crippen LogP contribution in [0, 0.1) is 17.8 Å². The minimum absolute atomic E-state index is 0.0410. The van der Waals surface area contributed by atoms with Gasteiger partial charge in [0, 0.05) is 18.8 Å². The highest BCUT2D eigenvalue weighted by Gasteiger charge is 2.27. The van der Waals surface area contributed by atoms with Crippen molar-refractivity contribution in [3.63, 3.8) is 0 Å². The van der Waals surface area contributed by atoms with Crippen LogP contribution < -0.4 is 5.32 Å². The molecule has 0 spiro atoms. The molecule has 0 saturated heterocycles. The maximum Gasteiger partial charge on any atom is 0.269 e. The first-order valence-electron chi connectivity index (χ1n) is 8.46. The summed E-state index contributed by atoms with van der Waals surface area (Å²) < 4.78 is 1.88. The molecule has 1 aromatic rings. The van der Waals surface area contributed by atoms with Gasteiger partial charge in [-0.25, -0.2) is 0 Å². The van der Waals surface area contributed by atoms with Crippen LogP contribution in [0.5, 0.6) is 0 Å². The van der Waals surface area contributed by atoms with E-state index in [0.717, 1.165) is 24.1 Å². The summed E-state index contributed by atoms with van der Waals surface area (Å²) in [5.41, 5.74) is 0.720. The smallest absolute Gasteiger partial charge is 0.269 e. The Morgan fingerprint density at radius 2 is 2.05 bits per heavy atom. The van der Waals surface area contributed by atoms with E-state index in [4.69, 9.17) is 0 Å². The van der Waals surface area contributed by atoms with Crippen molar-refractivity contribution in [2.75, 3.05) is 0 Å². The van der Waals surface area contributed by atoms with Gasteiger partial charge in [-0.1, -0.05) is 19.8 Å². The van der Waals surface area contributed by atoms with Crippen molar-refractivity contribution in [3.05, 3.63) is 18.0 Å². The normalized spacial score (nSPS) is 27.3. The van der Waals surface area contributed by atoms with Crippen molar-refractivity contribution < 1.29 is 4.79 Å². The molecule has 1 atom stereocenters. The van der Waals surface area contributed by atoms with Gasteiger partial charge in [0.1, 0.15) is 5.69 Å². The Labute approximate surface area is 127 Å². The quantitative estimate of drug-likeness (QED) is 0.904. The van der Waals surface area contributed by atoms with Gasteiger partial charge < -0.3 is 5.32 Å². The van der Waals surface area contributed by atoms with Crippen LogP contribution in [0.15, 0.2) is 12.3 Å². The summed E-state index contributed by atoms with van der Waals surface area (Å²) in [6.45, 7) is 5.38. The molecule has 0 aromatic carbocycles. The molecule has 1 N–H and O–H groups in total. The standard InChI is InChI=1S/C17H27N3O/c1-12-3-7-15(8-4-12)13(2)19-17(21)16-9-10-18-20(16)11-14-5-6-14/h9-10,12-15H,3-8,11H2,1-2H3,(H,19,21). The molecule has 2 aliphatic carbocycles. The van der Waals surface area contributed by atoms with Gasteiger partial charge >= 0.3 is 0 Å². The first-order valence-corrected chi connectivity index (χ1v) is 8.46. The average molecular weight is 289 g/mol. The zero-order valence-corrected chi connectivity index (χ0v) is 13.2. The predicted octanol–water partition coefficient (Wildman–Crippen LogP) is 3.24. The van der Waals surface area contributed by atoms with Crippen LogP contribution in [0.25, 0.3) is 0 Å². The fraction of sp³-hybridized carbons (Fsp3) is 0.765. The van der Waals surface area contributed by atoms with Gasteiger partial charge in [0.15, 0.2) is 0 Å². The third-order valence-electron chi connectivity index (χ3n) is 5.20. The highest BCUT2D eigenvalue weighted by molar-refractivity contribution is 5.92. The van der Waals surface area contributed by atoms with E-state index in [-0.39, 0.29) is 11.9 Å². The van der Waals surface area contributed by atoms with Crippen molar-refractivity contribution in [3.8, 4) is 0 Å². The summed E-state index contributed by atoms with van der Waals surface area (Å²) in [7, 11) is 0. The van der Waals surface area contributed by atoms with Gasteiger partial charge in [0.25, 0.3) is 5.91 Å². The molecule has 0 bridgehead atoms. The zero-order chi connectivity index (χ0) is 14.8. The number of nitrogens with zero attached hydrogens (tertiary/aromatic N) is 2. The van der Waals surface area contributed by atoms with E-state index >= 15 is 0 Å². The topological polar surface area (TPSA) is 46.9 Å². The lowest BCUT2D eigenvalue weighted by molar-refractivity contribution is 0.0904. The van der Waals surface area contributed by atoms with Crippen LogP contribution >= 0.6 is 0 Å². The van der Waals surface area contributed by atoms with E-state index in [2.05, 4.69) is 24.3 Å². The summed E-state index contributed by atoms with van der Waals surface area (Å²) in [5.74, 6) is 2.25. The molecule has 3 rings (SSSR count). The van der Waals surface area contributed by atoms with E-state index in [1.807, 2.05) is 10.7 Å². The van der Waals surface area contributed by atoms with E-state index in [9.17, 15) is 4.79 Å².